The first-order valence-electron chi connectivity index (χ1n) is 7.35. The van der Waals surface area contributed by atoms with E-state index < -0.39 is 0 Å². The van der Waals surface area contributed by atoms with Crippen LogP contribution in [0.5, 0.6) is 0 Å². The summed E-state index contributed by atoms with van der Waals surface area (Å²) in [5.74, 6) is 6.00. The van der Waals surface area contributed by atoms with E-state index in [2.05, 4.69) is 43.7 Å². The maximum Gasteiger partial charge on any atom is 0.225 e. The molecule has 20 heavy (non-hydrogen) atoms. The number of anilines is 1. The summed E-state index contributed by atoms with van der Waals surface area (Å²) in [5, 5.41) is 3.86. The SMILES string of the molecule is c1cnc(N2CCCC(NC3CSCCSC3)C2)nc1. The molecular formula is C14H22N4S2. The fourth-order valence-corrected chi connectivity index (χ4v) is 5.22. The van der Waals surface area contributed by atoms with Gasteiger partial charge in [-0.05, 0) is 18.9 Å². The topological polar surface area (TPSA) is 41.1 Å². The number of aromatic nitrogens is 2. The molecule has 2 saturated heterocycles. The fraction of sp³-hybridized carbons (Fsp3) is 0.714. The van der Waals surface area contributed by atoms with Gasteiger partial charge < -0.3 is 10.2 Å². The Kier molecular flexibility index (Phi) is 5.44. The molecule has 6 heteroatoms. The Labute approximate surface area is 129 Å². The Hall–Kier alpha value is -0.460. The Bertz CT molecular complexity index is 395. The molecule has 2 aliphatic rings. The van der Waals surface area contributed by atoms with Gasteiger partial charge in [-0.15, -0.1) is 0 Å². The maximum absolute atomic E-state index is 4.38. The van der Waals surface area contributed by atoms with E-state index in [0.29, 0.717) is 12.1 Å². The van der Waals surface area contributed by atoms with Crippen molar-refractivity contribution in [3.63, 3.8) is 0 Å². The highest BCUT2D eigenvalue weighted by Crippen LogP contribution is 2.20. The van der Waals surface area contributed by atoms with Crippen LogP contribution in [0.3, 0.4) is 0 Å². The van der Waals surface area contributed by atoms with E-state index in [-0.39, 0.29) is 0 Å². The number of piperidine rings is 1. The summed E-state index contributed by atoms with van der Waals surface area (Å²) in [6.45, 7) is 2.12. The van der Waals surface area contributed by atoms with Crippen LogP contribution < -0.4 is 10.2 Å². The highest BCUT2D eigenvalue weighted by atomic mass is 32.2. The van der Waals surface area contributed by atoms with E-state index in [1.54, 1.807) is 0 Å². The Morgan fingerprint density at radius 2 is 1.85 bits per heavy atom. The zero-order valence-corrected chi connectivity index (χ0v) is 13.3. The van der Waals surface area contributed by atoms with E-state index in [1.165, 1.54) is 35.9 Å². The molecule has 1 atom stereocenters. The van der Waals surface area contributed by atoms with Crippen molar-refractivity contribution in [2.75, 3.05) is 41.0 Å². The van der Waals surface area contributed by atoms with E-state index in [9.17, 15) is 0 Å². The second kappa shape index (κ2) is 7.52. The average molecular weight is 310 g/mol. The van der Waals surface area contributed by atoms with Crippen LogP contribution >= 0.6 is 23.5 Å². The van der Waals surface area contributed by atoms with Crippen LogP contribution in [0.4, 0.5) is 5.95 Å². The Morgan fingerprint density at radius 1 is 1.10 bits per heavy atom. The number of hydrogen-bond donors (Lipinski definition) is 1. The molecule has 1 aromatic rings. The Balaban J connectivity index is 1.55. The summed E-state index contributed by atoms with van der Waals surface area (Å²) in [7, 11) is 0. The molecule has 3 heterocycles. The second-order valence-corrected chi connectivity index (χ2v) is 7.65. The summed E-state index contributed by atoms with van der Waals surface area (Å²) < 4.78 is 0. The summed E-state index contributed by atoms with van der Waals surface area (Å²) in [6, 6.07) is 3.12. The van der Waals surface area contributed by atoms with Gasteiger partial charge in [-0.25, -0.2) is 9.97 Å². The maximum atomic E-state index is 4.38. The summed E-state index contributed by atoms with van der Waals surface area (Å²) in [4.78, 5) is 11.1. The minimum atomic E-state index is 0.580. The lowest BCUT2D eigenvalue weighted by molar-refractivity contribution is 0.396. The molecule has 1 aromatic heterocycles. The van der Waals surface area contributed by atoms with Crippen LogP contribution in [0, 0.1) is 0 Å². The second-order valence-electron chi connectivity index (χ2n) is 5.35. The standard InChI is InChI=1S/C14H22N4S2/c1-3-12(17-13-10-19-7-8-20-11-13)9-18(6-1)14-15-4-2-5-16-14/h2,4-5,12-13,17H,1,3,6-11H2. The van der Waals surface area contributed by atoms with Gasteiger partial charge in [-0.1, -0.05) is 0 Å². The highest BCUT2D eigenvalue weighted by Gasteiger charge is 2.24. The van der Waals surface area contributed by atoms with Crippen LogP contribution in [0.25, 0.3) is 0 Å². The van der Waals surface area contributed by atoms with Crippen molar-refractivity contribution in [1.82, 2.24) is 15.3 Å². The van der Waals surface area contributed by atoms with Gasteiger partial charge in [0.05, 0.1) is 0 Å². The molecule has 1 N–H and O–H groups in total. The van der Waals surface area contributed by atoms with Gasteiger partial charge in [0.2, 0.25) is 5.95 Å². The van der Waals surface area contributed by atoms with Crippen molar-refractivity contribution < 1.29 is 0 Å². The zero-order valence-electron chi connectivity index (χ0n) is 11.7. The van der Waals surface area contributed by atoms with Crippen molar-refractivity contribution in [3.8, 4) is 0 Å². The van der Waals surface area contributed by atoms with Gasteiger partial charge in [-0.2, -0.15) is 23.5 Å². The normalized spacial score (nSPS) is 25.4. The minimum absolute atomic E-state index is 0.580. The molecule has 0 aromatic carbocycles. The molecule has 2 fully saturated rings. The summed E-state index contributed by atoms with van der Waals surface area (Å²) in [5.41, 5.74) is 0. The lowest BCUT2D eigenvalue weighted by atomic mass is 10.1. The summed E-state index contributed by atoms with van der Waals surface area (Å²) in [6.07, 6.45) is 6.16. The first kappa shape index (κ1) is 14.5. The highest BCUT2D eigenvalue weighted by molar-refractivity contribution is 8.03. The molecule has 3 rings (SSSR count). The van der Waals surface area contributed by atoms with Gasteiger partial charge in [0.1, 0.15) is 0 Å². The average Bonchev–Trinajstić information content (AvgIpc) is 2.77. The quantitative estimate of drug-likeness (QED) is 0.919. The molecule has 0 amide bonds. The molecule has 0 radical (unpaired) electrons. The van der Waals surface area contributed by atoms with Gasteiger partial charge in [0.15, 0.2) is 0 Å². The van der Waals surface area contributed by atoms with Gasteiger partial charge in [0.25, 0.3) is 0 Å². The predicted octanol–water partition coefficient (Wildman–Crippen LogP) is 1.88. The number of rotatable bonds is 3. The van der Waals surface area contributed by atoms with E-state index in [4.69, 9.17) is 0 Å². The molecule has 0 saturated carbocycles. The van der Waals surface area contributed by atoms with Crippen molar-refractivity contribution in [3.05, 3.63) is 18.5 Å². The molecule has 110 valence electrons. The van der Waals surface area contributed by atoms with Crippen LogP contribution in [-0.4, -0.2) is 58.2 Å². The lowest BCUT2D eigenvalue weighted by Crippen LogP contribution is -2.50. The van der Waals surface area contributed by atoms with Gasteiger partial charge in [0, 0.05) is 60.6 Å². The largest absolute Gasteiger partial charge is 0.339 e. The molecule has 2 aliphatic heterocycles. The van der Waals surface area contributed by atoms with Crippen molar-refractivity contribution >= 4 is 29.5 Å². The van der Waals surface area contributed by atoms with Gasteiger partial charge in [-0.3, -0.25) is 0 Å². The van der Waals surface area contributed by atoms with Crippen LogP contribution in [-0.2, 0) is 0 Å². The molecule has 0 bridgehead atoms. The van der Waals surface area contributed by atoms with E-state index in [1.807, 2.05) is 18.5 Å². The van der Waals surface area contributed by atoms with Crippen LogP contribution in [0.2, 0.25) is 0 Å². The molecule has 1 unspecified atom stereocenters. The van der Waals surface area contributed by atoms with E-state index in [0.717, 1.165) is 19.0 Å². The molecule has 0 spiro atoms. The van der Waals surface area contributed by atoms with E-state index >= 15 is 0 Å². The van der Waals surface area contributed by atoms with Crippen molar-refractivity contribution in [2.24, 2.45) is 0 Å². The third-order valence-corrected chi connectivity index (χ3v) is 6.26. The number of nitrogens with zero attached hydrogens (tertiary/aromatic N) is 3. The smallest absolute Gasteiger partial charge is 0.225 e. The first-order valence-corrected chi connectivity index (χ1v) is 9.66. The fourth-order valence-electron chi connectivity index (χ4n) is 2.80. The van der Waals surface area contributed by atoms with Crippen molar-refractivity contribution in [2.45, 2.75) is 24.9 Å². The Morgan fingerprint density at radius 3 is 2.60 bits per heavy atom. The molecule has 0 aliphatic carbocycles. The van der Waals surface area contributed by atoms with Gasteiger partial charge >= 0.3 is 0 Å². The first-order chi connectivity index (χ1) is 9.92. The predicted molar refractivity (Wildman–Crippen MR) is 88.8 cm³/mol. The lowest BCUT2D eigenvalue weighted by Gasteiger charge is -2.35. The van der Waals surface area contributed by atoms with Crippen LogP contribution in [0.1, 0.15) is 12.8 Å². The third-order valence-electron chi connectivity index (χ3n) is 3.74. The summed E-state index contributed by atoms with van der Waals surface area (Å²) >= 11 is 4.18. The number of nitrogens with one attached hydrogen (secondary N) is 1. The minimum Gasteiger partial charge on any atom is -0.339 e. The third kappa shape index (κ3) is 4.02. The molecular weight excluding hydrogens is 288 g/mol. The molecule has 4 nitrogen and oxygen atoms in total. The monoisotopic (exact) mass is 310 g/mol. The number of hydrogen-bond acceptors (Lipinski definition) is 6. The number of thioether (sulfide) groups is 2. The zero-order chi connectivity index (χ0) is 13.6. The van der Waals surface area contributed by atoms with Crippen molar-refractivity contribution in [1.29, 1.82) is 0 Å². The van der Waals surface area contributed by atoms with Crippen LogP contribution in [0.15, 0.2) is 18.5 Å².